The average molecular weight is 173 g/mol. The van der Waals surface area contributed by atoms with E-state index in [9.17, 15) is 0 Å². The molecular weight excluding hydrogens is 164 g/mol. The molecule has 0 bridgehead atoms. The quantitative estimate of drug-likeness (QED) is 0.667. The molecule has 0 radical (unpaired) electrons. The van der Waals surface area contributed by atoms with Gasteiger partial charge >= 0.3 is 0 Å². The Bertz CT molecular complexity index is 240. The van der Waals surface area contributed by atoms with Gasteiger partial charge in [-0.2, -0.15) is 10.1 Å². The third-order valence-electron chi connectivity index (χ3n) is 1.39. The first-order valence-electron chi connectivity index (χ1n) is 3.30. The maximum absolute atomic E-state index is 5.53. The third kappa shape index (κ3) is 2.01. The molecule has 60 valence electrons. The molecule has 0 N–H and O–H groups in total. The summed E-state index contributed by atoms with van der Waals surface area (Å²) in [6.07, 6.45) is 1.58. The zero-order chi connectivity index (χ0) is 8.27. The van der Waals surface area contributed by atoms with E-state index in [1.54, 1.807) is 6.20 Å². The van der Waals surface area contributed by atoms with Crippen molar-refractivity contribution in [3.63, 3.8) is 0 Å². The Labute approximate surface area is 70.2 Å². The second kappa shape index (κ2) is 3.48. The molecule has 0 aliphatic rings. The van der Waals surface area contributed by atoms with E-state index in [-0.39, 0.29) is 5.28 Å². The maximum Gasteiger partial charge on any atom is 0.244 e. The standard InChI is InChI=1S/C6H9ClN4/c1-3-11(2)5-4-8-10-6(7)9-5/h4H,3H2,1-2H3. The summed E-state index contributed by atoms with van der Waals surface area (Å²) >= 11 is 5.53. The summed E-state index contributed by atoms with van der Waals surface area (Å²) in [6.45, 7) is 2.89. The number of aromatic nitrogens is 3. The highest BCUT2D eigenvalue weighted by Gasteiger charge is 2.00. The van der Waals surface area contributed by atoms with E-state index < -0.39 is 0 Å². The lowest BCUT2D eigenvalue weighted by atomic mass is 10.6. The summed E-state index contributed by atoms with van der Waals surface area (Å²) in [5, 5.41) is 7.38. The van der Waals surface area contributed by atoms with Gasteiger partial charge in [0, 0.05) is 13.6 Å². The summed E-state index contributed by atoms with van der Waals surface area (Å²) < 4.78 is 0. The normalized spacial score (nSPS) is 9.73. The number of hydrogen-bond acceptors (Lipinski definition) is 4. The second-order valence-corrected chi connectivity index (χ2v) is 2.44. The van der Waals surface area contributed by atoms with Crippen molar-refractivity contribution in [2.75, 3.05) is 18.5 Å². The lowest BCUT2D eigenvalue weighted by Gasteiger charge is -2.13. The van der Waals surface area contributed by atoms with Crippen LogP contribution in [0.5, 0.6) is 0 Å². The number of anilines is 1. The van der Waals surface area contributed by atoms with Gasteiger partial charge in [-0.15, -0.1) is 5.10 Å². The van der Waals surface area contributed by atoms with E-state index in [4.69, 9.17) is 11.6 Å². The zero-order valence-corrected chi connectivity index (χ0v) is 7.21. The highest BCUT2D eigenvalue weighted by molar-refractivity contribution is 6.28. The van der Waals surface area contributed by atoms with Gasteiger partial charge in [-0.1, -0.05) is 0 Å². The molecule has 5 heteroatoms. The largest absolute Gasteiger partial charge is 0.359 e. The van der Waals surface area contributed by atoms with Crippen molar-refractivity contribution in [2.45, 2.75) is 6.92 Å². The molecule has 0 atom stereocenters. The summed E-state index contributed by atoms with van der Waals surface area (Å²) in [5.74, 6) is 0.743. The molecule has 1 aromatic heterocycles. The van der Waals surface area contributed by atoms with E-state index in [0.29, 0.717) is 0 Å². The predicted molar refractivity (Wildman–Crippen MR) is 43.8 cm³/mol. The van der Waals surface area contributed by atoms with Crippen LogP contribution >= 0.6 is 11.6 Å². The molecule has 0 unspecified atom stereocenters. The molecule has 0 fully saturated rings. The molecule has 1 heterocycles. The highest BCUT2D eigenvalue weighted by atomic mass is 35.5. The first-order valence-corrected chi connectivity index (χ1v) is 3.68. The minimum Gasteiger partial charge on any atom is -0.359 e. The van der Waals surface area contributed by atoms with E-state index in [1.807, 2.05) is 18.9 Å². The van der Waals surface area contributed by atoms with Crippen LogP contribution in [0.1, 0.15) is 6.92 Å². The Kier molecular flexibility index (Phi) is 2.59. The van der Waals surface area contributed by atoms with Gasteiger partial charge < -0.3 is 4.90 Å². The fourth-order valence-electron chi connectivity index (χ4n) is 0.620. The van der Waals surface area contributed by atoms with Crippen LogP contribution in [0, 0.1) is 0 Å². The fourth-order valence-corrected chi connectivity index (χ4v) is 0.750. The van der Waals surface area contributed by atoms with E-state index in [2.05, 4.69) is 15.2 Å². The van der Waals surface area contributed by atoms with Crippen LogP contribution in [0.15, 0.2) is 6.20 Å². The van der Waals surface area contributed by atoms with Gasteiger partial charge in [-0.25, -0.2) is 0 Å². The number of rotatable bonds is 2. The van der Waals surface area contributed by atoms with Gasteiger partial charge in [0.2, 0.25) is 5.28 Å². The highest BCUT2D eigenvalue weighted by Crippen LogP contribution is 2.07. The van der Waals surface area contributed by atoms with Crippen molar-refractivity contribution in [1.29, 1.82) is 0 Å². The van der Waals surface area contributed by atoms with Crippen LogP contribution in [0.4, 0.5) is 5.82 Å². The van der Waals surface area contributed by atoms with Gasteiger partial charge in [-0.05, 0) is 18.5 Å². The first-order chi connectivity index (χ1) is 5.24. The SMILES string of the molecule is CCN(C)c1cnnc(Cl)n1. The van der Waals surface area contributed by atoms with Gasteiger partial charge in [0.1, 0.15) is 0 Å². The van der Waals surface area contributed by atoms with Crippen LogP contribution in [0.2, 0.25) is 5.28 Å². The van der Waals surface area contributed by atoms with Crippen molar-refractivity contribution < 1.29 is 0 Å². The van der Waals surface area contributed by atoms with Crippen LogP contribution < -0.4 is 4.90 Å². The van der Waals surface area contributed by atoms with Crippen molar-refractivity contribution in [1.82, 2.24) is 15.2 Å². The number of halogens is 1. The van der Waals surface area contributed by atoms with Gasteiger partial charge in [0.25, 0.3) is 0 Å². The molecule has 0 aliphatic heterocycles. The van der Waals surface area contributed by atoms with Crippen molar-refractivity contribution >= 4 is 17.4 Å². The van der Waals surface area contributed by atoms with Crippen LogP contribution in [-0.2, 0) is 0 Å². The van der Waals surface area contributed by atoms with Crippen molar-refractivity contribution in [3.05, 3.63) is 11.5 Å². The summed E-state index contributed by atoms with van der Waals surface area (Å²) in [7, 11) is 1.92. The zero-order valence-electron chi connectivity index (χ0n) is 6.45. The second-order valence-electron chi connectivity index (χ2n) is 2.10. The molecule has 1 rings (SSSR count). The van der Waals surface area contributed by atoms with Gasteiger partial charge in [-0.3, -0.25) is 0 Å². The smallest absolute Gasteiger partial charge is 0.244 e. The molecule has 0 saturated carbocycles. The first kappa shape index (κ1) is 8.20. The Hall–Kier alpha value is -0.900. The average Bonchev–Trinajstić information content (AvgIpc) is 2.03. The third-order valence-corrected chi connectivity index (χ3v) is 1.55. The minimum atomic E-state index is 0.183. The topological polar surface area (TPSA) is 41.9 Å². The van der Waals surface area contributed by atoms with Gasteiger partial charge in [0.05, 0.1) is 6.20 Å². The molecular formula is C6H9ClN4. The summed E-state index contributed by atoms with van der Waals surface area (Å²) in [5.41, 5.74) is 0. The minimum absolute atomic E-state index is 0.183. The summed E-state index contributed by atoms with van der Waals surface area (Å²) in [4.78, 5) is 5.89. The lowest BCUT2D eigenvalue weighted by Crippen LogP contribution is -2.17. The Morgan fingerprint density at radius 3 is 2.91 bits per heavy atom. The van der Waals surface area contributed by atoms with Crippen LogP contribution in [0.3, 0.4) is 0 Å². The molecule has 0 spiro atoms. The molecule has 11 heavy (non-hydrogen) atoms. The molecule has 0 saturated heterocycles. The van der Waals surface area contributed by atoms with E-state index >= 15 is 0 Å². The molecule has 0 aromatic carbocycles. The Balaban J connectivity index is 2.86. The summed E-state index contributed by atoms with van der Waals surface area (Å²) in [6, 6.07) is 0. The number of nitrogens with zero attached hydrogens (tertiary/aromatic N) is 4. The predicted octanol–water partition coefficient (Wildman–Crippen LogP) is 0.981. The molecule has 4 nitrogen and oxygen atoms in total. The lowest BCUT2D eigenvalue weighted by molar-refractivity contribution is 0.887. The van der Waals surface area contributed by atoms with E-state index in [1.165, 1.54) is 0 Å². The van der Waals surface area contributed by atoms with Crippen molar-refractivity contribution in [3.8, 4) is 0 Å². The van der Waals surface area contributed by atoms with Crippen LogP contribution in [0.25, 0.3) is 0 Å². The van der Waals surface area contributed by atoms with E-state index in [0.717, 1.165) is 12.4 Å². The Morgan fingerprint density at radius 2 is 2.36 bits per heavy atom. The van der Waals surface area contributed by atoms with Crippen molar-refractivity contribution in [2.24, 2.45) is 0 Å². The maximum atomic E-state index is 5.53. The van der Waals surface area contributed by atoms with Crippen LogP contribution in [-0.4, -0.2) is 28.8 Å². The Morgan fingerprint density at radius 1 is 1.64 bits per heavy atom. The number of hydrogen-bond donors (Lipinski definition) is 0. The molecule has 0 amide bonds. The molecule has 0 aliphatic carbocycles. The molecule has 1 aromatic rings. The monoisotopic (exact) mass is 172 g/mol. The van der Waals surface area contributed by atoms with Gasteiger partial charge in [0.15, 0.2) is 5.82 Å². The fraction of sp³-hybridized carbons (Fsp3) is 0.500.